The molecule has 100 valence electrons. The van der Waals surface area contributed by atoms with Crippen LogP contribution in [0, 0.1) is 11.8 Å². The largest absolute Gasteiger partial charge is 0.243 e. The number of aromatic nitrogens is 1. The van der Waals surface area contributed by atoms with Crippen LogP contribution in [0.3, 0.4) is 0 Å². The van der Waals surface area contributed by atoms with Gasteiger partial charge in [-0.25, -0.2) is 18.1 Å². The van der Waals surface area contributed by atoms with Crippen LogP contribution in [0.15, 0.2) is 23.2 Å². The van der Waals surface area contributed by atoms with Crippen molar-refractivity contribution in [1.82, 2.24) is 9.71 Å². The van der Waals surface area contributed by atoms with E-state index in [-0.39, 0.29) is 16.1 Å². The Morgan fingerprint density at radius 1 is 1.39 bits per heavy atom. The molecule has 0 amide bonds. The molecule has 6 heteroatoms. The number of rotatable bonds is 3. The molecule has 18 heavy (non-hydrogen) atoms. The third-order valence-corrected chi connectivity index (χ3v) is 5.72. The fourth-order valence-electron chi connectivity index (χ4n) is 2.37. The van der Waals surface area contributed by atoms with E-state index in [2.05, 4.69) is 23.6 Å². The summed E-state index contributed by atoms with van der Waals surface area (Å²) in [7, 11) is -3.58. The molecule has 1 fully saturated rings. The first kappa shape index (κ1) is 13.8. The van der Waals surface area contributed by atoms with Crippen molar-refractivity contribution < 1.29 is 8.42 Å². The van der Waals surface area contributed by atoms with Crippen molar-refractivity contribution in [2.75, 3.05) is 0 Å². The van der Waals surface area contributed by atoms with Crippen LogP contribution >= 0.6 is 11.6 Å². The van der Waals surface area contributed by atoms with Crippen LogP contribution in [-0.2, 0) is 10.0 Å². The molecule has 0 saturated heterocycles. The highest BCUT2D eigenvalue weighted by Gasteiger charge is 2.33. The Morgan fingerprint density at radius 2 is 2.11 bits per heavy atom. The summed E-state index contributed by atoms with van der Waals surface area (Å²) in [6, 6.07) is 3.03. The first-order valence-corrected chi connectivity index (χ1v) is 7.91. The van der Waals surface area contributed by atoms with Crippen LogP contribution in [-0.4, -0.2) is 19.4 Å². The summed E-state index contributed by atoms with van der Waals surface area (Å²) in [4.78, 5) is 3.85. The number of nitrogens with zero attached hydrogens (tertiary/aromatic N) is 1. The van der Waals surface area contributed by atoms with E-state index >= 15 is 0 Å². The molecule has 3 atom stereocenters. The average molecular weight is 289 g/mol. The summed E-state index contributed by atoms with van der Waals surface area (Å²) in [6.07, 6.45) is 3.40. The summed E-state index contributed by atoms with van der Waals surface area (Å²) in [5.74, 6) is 0.886. The second kappa shape index (κ2) is 5.15. The smallest absolute Gasteiger partial charge is 0.243 e. The molecular formula is C12H17ClN2O2S. The van der Waals surface area contributed by atoms with Gasteiger partial charge in [0.2, 0.25) is 10.0 Å². The number of hydrogen-bond acceptors (Lipinski definition) is 3. The normalized spacial score (nSPS) is 28.5. The average Bonchev–Trinajstić information content (AvgIpc) is 2.61. The van der Waals surface area contributed by atoms with Crippen molar-refractivity contribution in [2.45, 2.75) is 37.6 Å². The second-order valence-electron chi connectivity index (χ2n) is 4.93. The van der Waals surface area contributed by atoms with E-state index in [0.717, 1.165) is 12.8 Å². The minimum absolute atomic E-state index is 0.0127. The van der Waals surface area contributed by atoms with Crippen molar-refractivity contribution in [2.24, 2.45) is 11.8 Å². The van der Waals surface area contributed by atoms with Gasteiger partial charge in [-0.2, -0.15) is 0 Å². The highest BCUT2D eigenvalue weighted by molar-refractivity contribution is 7.89. The van der Waals surface area contributed by atoms with Crippen molar-refractivity contribution in [3.05, 3.63) is 23.5 Å². The molecule has 1 aliphatic rings. The highest BCUT2D eigenvalue weighted by atomic mass is 35.5. The van der Waals surface area contributed by atoms with Gasteiger partial charge in [0.05, 0.1) is 0 Å². The molecule has 3 unspecified atom stereocenters. The molecule has 0 aromatic carbocycles. The maximum absolute atomic E-state index is 12.2. The molecule has 4 nitrogen and oxygen atoms in total. The molecule has 1 aromatic heterocycles. The number of hydrogen-bond donors (Lipinski definition) is 1. The molecule has 0 radical (unpaired) electrons. The van der Waals surface area contributed by atoms with E-state index in [1.54, 1.807) is 6.07 Å². The molecule has 1 heterocycles. The minimum Gasteiger partial charge on any atom is -0.243 e. The van der Waals surface area contributed by atoms with Crippen molar-refractivity contribution >= 4 is 21.6 Å². The fourth-order valence-corrected chi connectivity index (χ4v) is 4.18. The molecule has 1 aromatic rings. The van der Waals surface area contributed by atoms with Crippen LogP contribution in [0.5, 0.6) is 0 Å². The lowest BCUT2D eigenvalue weighted by atomic mass is 9.98. The zero-order valence-electron chi connectivity index (χ0n) is 10.4. The first-order chi connectivity index (χ1) is 8.42. The maximum atomic E-state index is 12.2. The van der Waals surface area contributed by atoms with Gasteiger partial charge < -0.3 is 0 Å². The fraction of sp³-hybridized carbons (Fsp3) is 0.583. The highest BCUT2D eigenvalue weighted by Crippen LogP contribution is 2.32. The lowest BCUT2D eigenvalue weighted by molar-refractivity contribution is 0.402. The van der Waals surface area contributed by atoms with Crippen LogP contribution in [0.4, 0.5) is 0 Å². The topological polar surface area (TPSA) is 59.1 Å². The van der Waals surface area contributed by atoms with Gasteiger partial charge in [0.25, 0.3) is 0 Å². The van der Waals surface area contributed by atoms with Crippen molar-refractivity contribution in [3.8, 4) is 0 Å². The Balaban J connectivity index is 2.21. The molecule has 2 rings (SSSR count). The van der Waals surface area contributed by atoms with Gasteiger partial charge in [-0.15, -0.1) is 0 Å². The predicted molar refractivity (Wildman–Crippen MR) is 70.9 cm³/mol. The molecule has 0 aliphatic heterocycles. The zero-order chi connectivity index (χ0) is 13.3. The molecular weight excluding hydrogens is 272 g/mol. The van der Waals surface area contributed by atoms with Crippen LogP contribution < -0.4 is 4.72 Å². The lowest BCUT2D eigenvalue weighted by Crippen LogP contribution is -2.37. The summed E-state index contributed by atoms with van der Waals surface area (Å²) < 4.78 is 27.2. The Bertz CT molecular complexity index is 533. The third kappa shape index (κ3) is 2.68. The molecule has 1 saturated carbocycles. The maximum Gasteiger partial charge on any atom is 0.243 e. The van der Waals surface area contributed by atoms with E-state index in [0.29, 0.717) is 11.8 Å². The summed E-state index contributed by atoms with van der Waals surface area (Å²) in [5, 5.41) is 0.0173. The number of sulfonamides is 1. The Labute approximate surface area is 113 Å². The molecule has 1 N–H and O–H groups in total. The molecule has 0 spiro atoms. The van der Waals surface area contributed by atoms with Gasteiger partial charge in [-0.05, 0) is 36.8 Å². The first-order valence-electron chi connectivity index (χ1n) is 6.04. The van der Waals surface area contributed by atoms with Gasteiger partial charge in [-0.3, -0.25) is 0 Å². The van der Waals surface area contributed by atoms with Crippen LogP contribution in [0.25, 0.3) is 0 Å². The lowest BCUT2D eigenvalue weighted by Gasteiger charge is -2.19. The van der Waals surface area contributed by atoms with E-state index in [1.807, 2.05) is 0 Å². The third-order valence-electron chi connectivity index (χ3n) is 3.79. The van der Waals surface area contributed by atoms with E-state index in [9.17, 15) is 8.42 Å². The van der Waals surface area contributed by atoms with Crippen molar-refractivity contribution in [1.29, 1.82) is 0 Å². The predicted octanol–water partition coefficient (Wildman–Crippen LogP) is 2.45. The summed E-state index contributed by atoms with van der Waals surface area (Å²) in [6.45, 7) is 4.23. The van der Waals surface area contributed by atoms with E-state index in [4.69, 9.17) is 11.6 Å². The number of halogens is 1. The van der Waals surface area contributed by atoms with E-state index in [1.165, 1.54) is 12.3 Å². The Morgan fingerprint density at radius 3 is 2.67 bits per heavy atom. The van der Waals surface area contributed by atoms with Crippen molar-refractivity contribution in [3.63, 3.8) is 0 Å². The SMILES string of the molecule is CC1CCC(NS(=O)(=O)c2cccnc2Cl)C1C. The number of nitrogens with one attached hydrogen (secondary N) is 1. The number of pyridine rings is 1. The summed E-state index contributed by atoms with van der Waals surface area (Å²) >= 11 is 5.83. The van der Waals surface area contributed by atoms with Crippen LogP contribution in [0.1, 0.15) is 26.7 Å². The zero-order valence-corrected chi connectivity index (χ0v) is 12.0. The standard InChI is InChI=1S/C12H17ClN2O2S/c1-8-5-6-10(9(8)2)15-18(16,17)11-4-3-7-14-12(11)13/h3-4,7-10,15H,5-6H2,1-2H3. The Hall–Kier alpha value is -0.650. The quantitative estimate of drug-likeness (QED) is 0.869. The van der Waals surface area contributed by atoms with Gasteiger partial charge >= 0.3 is 0 Å². The van der Waals surface area contributed by atoms with Gasteiger partial charge in [-0.1, -0.05) is 25.4 Å². The minimum atomic E-state index is -3.58. The monoisotopic (exact) mass is 288 g/mol. The summed E-state index contributed by atoms with van der Waals surface area (Å²) in [5.41, 5.74) is 0. The van der Waals surface area contributed by atoms with Gasteiger partial charge in [0.15, 0.2) is 0 Å². The second-order valence-corrected chi connectivity index (χ2v) is 6.97. The van der Waals surface area contributed by atoms with Gasteiger partial charge in [0, 0.05) is 12.2 Å². The molecule has 0 bridgehead atoms. The van der Waals surface area contributed by atoms with Crippen LogP contribution in [0.2, 0.25) is 5.15 Å². The Kier molecular flexibility index (Phi) is 3.94. The van der Waals surface area contributed by atoms with E-state index < -0.39 is 10.0 Å². The van der Waals surface area contributed by atoms with Gasteiger partial charge in [0.1, 0.15) is 10.0 Å². The molecule has 1 aliphatic carbocycles.